The Hall–Kier alpha value is -0.870. The first-order valence-corrected chi connectivity index (χ1v) is 9.68. The maximum Gasteiger partial charge on any atom is 0.314 e. The van der Waals surface area contributed by atoms with Gasteiger partial charge in [-0.2, -0.15) is 0 Å². The minimum atomic E-state index is -0.443. The van der Waals surface area contributed by atoms with Crippen molar-refractivity contribution in [3.63, 3.8) is 0 Å². The molecule has 7 bridgehead atoms. The van der Waals surface area contributed by atoms with E-state index in [1.165, 1.54) is 0 Å². The lowest BCUT2D eigenvalue weighted by atomic mass is 9.33. The molecule has 0 radical (unpaired) electrons. The normalized spacial score (nSPS) is 63.1. The fourth-order valence-electron chi connectivity index (χ4n) is 8.29. The van der Waals surface area contributed by atoms with E-state index in [1.807, 2.05) is 0 Å². The number of hydrogen-bond donors (Lipinski definition) is 1. The molecule has 8 aliphatic rings. The predicted molar refractivity (Wildman–Crippen MR) is 85.7 cm³/mol. The van der Waals surface area contributed by atoms with Crippen molar-refractivity contribution in [3.05, 3.63) is 12.2 Å². The summed E-state index contributed by atoms with van der Waals surface area (Å²) >= 11 is 0. The maximum atomic E-state index is 12.7. The molecular formula is C20H26O4. The number of rotatable bonds is 0. The molecule has 24 heavy (non-hydrogen) atoms. The van der Waals surface area contributed by atoms with Gasteiger partial charge in [0.15, 0.2) is 0 Å². The van der Waals surface area contributed by atoms with E-state index in [0.29, 0.717) is 17.8 Å². The van der Waals surface area contributed by atoms with Crippen LogP contribution in [0.5, 0.6) is 0 Å². The number of carbonyl (C=O) groups excluding carboxylic acids is 1. The summed E-state index contributed by atoms with van der Waals surface area (Å²) in [6.45, 7) is 6.36. The minimum absolute atomic E-state index is 0.0119. The van der Waals surface area contributed by atoms with E-state index in [0.717, 1.165) is 50.5 Å². The van der Waals surface area contributed by atoms with E-state index in [4.69, 9.17) is 9.47 Å². The summed E-state index contributed by atoms with van der Waals surface area (Å²) in [5.74, 6) is 1.16. The fraction of sp³-hybridized carbons (Fsp3) is 0.850. The topological polar surface area (TPSA) is 55.8 Å². The first kappa shape index (κ1) is 14.3. The number of aliphatic hydroxyl groups is 1. The van der Waals surface area contributed by atoms with Crippen molar-refractivity contribution in [2.24, 2.45) is 34.0 Å². The Morgan fingerprint density at radius 3 is 2.83 bits per heavy atom. The zero-order chi connectivity index (χ0) is 16.5. The van der Waals surface area contributed by atoms with Gasteiger partial charge in [-0.15, -0.1) is 0 Å². The SMILES string of the molecule is C=C1C2CC[C@]3(C(C2)C24CCC[C@@]5(C)C(=O)OC2O[C@H]3C[C@@H]45)[C@@H]1O. The third-order valence-corrected chi connectivity index (χ3v) is 9.31. The summed E-state index contributed by atoms with van der Waals surface area (Å²) in [6.07, 6.45) is 6.47. The molecule has 4 heteroatoms. The monoisotopic (exact) mass is 330 g/mol. The standard InChI is InChI=1S/C20H26O4/c1-10-11-4-7-20(15(10)21)13(8-11)19-6-3-5-18(2)12(19)9-14(20)23-17(19)24-16(18)22/h11-15,17,21H,1,3-9H2,2H3/t11?,12-,13?,14+,15-,17?,18-,19?,20-/m1/s1. The van der Waals surface area contributed by atoms with Gasteiger partial charge in [0.05, 0.1) is 17.6 Å². The molecule has 2 spiro atoms. The second-order valence-corrected chi connectivity index (χ2v) is 9.65. The summed E-state index contributed by atoms with van der Waals surface area (Å²) in [4.78, 5) is 12.7. The van der Waals surface area contributed by atoms with Gasteiger partial charge in [-0.05, 0) is 68.8 Å². The molecule has 5 aliphatic carbocycles. The number of hydrogen-bond acceptors (Lipinski definition) is 4. The molecule has 3 aliphatic heterocycles. The summed E-state index contributed by atoms with van der Waals surface area (Å²) < 4.78 is 12.3. The molecule has 3 saturated heterocycles. The van der Waals surface area contributed by atoms with Crippen LogP contribution in [0.2, 0.25) is 0 Å². The number of aliphatic hydroxyl groups excluding tert-OH is 1. The molecule has 9 atom stereocenters. The van der Waals surface area contributed by atoms with Gasteiger partial charge in [0.2, 0.25) is 6.29 Å². The number of fused-ring (bicyclic) bond motifs is 2. The van der Waals surface area contributed by atoms with E-state index in [1.54, 1.807) is 0 Å². The number of carbonyl (C=O) groups is 1. The third kappa shape index (κ3) is 1.18. The van der Waals surface area contributed by atoms with Gasteiger partial charge in [-0.3, -0.25) is 4.79 Å². The van der Waals surface area contributed by atoms with Gasteiger partial charge < -0.3 is 14.6 Å². The van der Waals surface area contributed by atoms with Crippen LogP contribution in [-0.4, -0.2) is 29.6 Å². The summed E-state index contributed by atoms with van der Waals surface area (Å²) in [7, 11) is 0. The zero-order valence-electron chi connectivity index (χ0n) is 14.3. The number of ether oxygens (including phenoxy) is 2. The number of esters is 1. The van der Waals surface area contributed by atoms with Crippen molar-refractivity contribution < 1.29 is 19.4 Å². The summed E-state index contributed by atoms with van der Waals surface area (Å²) in [6, 6.07) is 0. The lowest BCUT2D eigenvalue weighted by molar-refractivity contribution is -0.416. The van der Waals surface area contributed by atoms with E-state index >= 15 is 0 Å². The van der Waals surface area contributed by atoms with Crippen molar-refractivity contribution >= 4 is 5.97 Å². The average molecular weight is 330 g/mol. The molecule has 0 amide bonds. The average Bonchev–Trinajstić information content (AvgIpc) is 2.58. The second-order valence-electron chi connectivity index (χ2n) is 9.65. The van der Waals surface area contributed by atoms with E-state index < -0.39 is 6.10 Å². The molecule has 5 saturated carbocycles. The highest BCUT2D eigenvalue weighted by molar-refractivity contribution is 5.78. The highest BCUT2D eigenvalue weighted by atomic mass is 16.7. The highest BCUT2D eigenvalue weighted by Crippen LogP contribution is 2.77. The molecule has 4 unspecified atom stereocenters. The van der Waals surface area contributed by atoms with Crippen LogP contribution in [0.25, 0.3) is 0 Å². The van der Waals surface area contributed by atoms with Crippen LogP contribution >= 0.6 is 0 Å². The Balaban J connectivity index is 1.57. The zero-order valence-corrected chi connectivity index (χ0v) is 14.3. The van der Waals surface area contributed by atoms with Gasteiger partial charge in [0, 0.05) is 10.8 Å². The molecule has 3 heterocycles. The van der Waals surface area contributed by atoms with Gasteiger partial charge >= 0.3 is 5.97 Å². The lowest BCUT2D eigenvalue weighted by Crippen LogP contribution is -2.80. The van der Waals surface area contributed by atoms with Gasteiger partial charge in [0.1, 0.15) is 0 Å². The van der Waals surface area contributed by atoms with Crippen molar-refractivity contribution in [2.75, 3.05) is 0 Å². The molecule has 0 aromatic carbocycles. The first-order valence-electron chi connectivity index (χ1n) is 9.68. The van der Waals surface area contributed by atoms with Crippen LogP contribution in [-0.2, 0) is 14.3 Å². The fourth-order valence-corrected chi connectivity index (χ4v) is 8.29. The Morgan fingerprint density at radius 1 is 1.17 bits per heavy atom. The van der Waals surface area contributed by atoms with Crippen molar-refractivity contribution in [3.8, 4) is 0 Å². The van der Waals surface area contributed by atoms with Crippen LogP contribution in [0.1, 0.15) is 51.9 Å². The lowest BCUT2D eigenvalue weighted by Gasteiger charge is -2.77. The smallest absolute Gasteiger partial charge is 0.314 e. The molecule has 130 valence electrons. The quantitative estimate of drug-likeness (QED) is 0.548. The molecule has 4 nitrogen and oxygen atoms in total. The first-order chi connectivity index (χ1) is 11.4. The van der Waals surface area contributed by atoms with E-state index in [2.05, 4.69) is 13.5 Å². The van der Waals surface area contributed by atoms with Crippen molar-refractivity contribution in [1.29, 1.82) is 0 Å². The van der Waals surface area contributed by atoms with Gasteiger partial charge in [0.25, 0.3) is 0 Å². The van der Waals surface area contributed by atoms with Crippen molar-refractivity contribution in [1.82, 2.24) is 0 Å². The second kappa shape index (κ2) is 3.93. The Morgan fingerprint density at radius 2 is 2.00 bits per heavy atom. The van der Waals surface area contributed by atoms with Crippen LogP contribution in [0.3, 0.4) is 0 Å². The molecule has 1 N–H and O–H groups in total. The van der Waals surface area contributed by atoms with Crippen LogP contribution in [0, 0.1) is 34.0 Å². The van der Waals surface area contributed by atoms with Crippen LogP contribution in [0.15, 0.2) is 12.2 Å². The Bertz CT molecular complexity index is 673. The highest BCUT2D eigenvalue weighted by Gasteiger charge is 2.80. The maximum absolute atomic E-state index is 12.7. The van der Waals surface area contributed by atoms with E-state index in [9.17, 15) is 9.90 Å². The Labute approximate surface area is 142 Å². The van der Waals surface area contributed by atoms with E-state index in [-0.39, 0.29) is 34.6 Å². The molecule has 0 aromatic heterocycles. The van der Waals surface area contributed by atoms with Crippen LogP contribution < -0.4 is 0 Å². The molecule has 8 fully saturated rings. The largest absolute Gasteiger partial charge is 0.435 e. The minimum Gasteiger partial charge on any atom is -0.435 e. The molecule has 8 rings (SSSR count). The van der Waals surface area contributed by atoms with Gasteiger partial charge in [-0.25, -0.2) is 0 Å². The Kier molecular flexibility index (Phi) is 2.35. The third-order valence-electron chi connectivity index (χ3n) is 9.31. The van der Waals surface area contributed by atoms with Crippen LogP contribution in [0.4, 0.5) is 0 Å². The summed E-state index contributed by atoms with van der Waals surface area (Å²) in [5.41, 5.74) is 0.430. The molecular weight excluding hydrogens is 304 g/mol. The van der Waals surface area contributed by atoms with Crippen molar-refractivity contribution in [2.45, 2.75) is 70.4 Å². The molecule has 0 aromatic rings. The van der Waals surface area contributed by atoms with Gasteiger partial charge in [-0.1, -0.05) is 13.0 Å². The predicted octanol–water partition coefficient (Wildman–Crippen LogP) is 2.80. The summed E-state index contributed by atoms with van der Waals surface area (Å²) in [5, 5.41) is 11.2.